The number of carboxylic acid groups (broad SMARTS) is 1. The second kappa shape index (κ2) is 5.66. The molecule has 78 valence electrons. The summed E-state index contributed by atoms with van der Waals surface area (Å²) in [4.78, 5) is 10.7. The Balaban J connectivity index is 0.000000791. The zero-order valence-electron chi connectivity index (χ0n) is 8.89. The summed E-state index contributed by atoms with van der Waals surface area (Å²) in [5.41, 5.74) is 1.75. The van der Waals surface area contributed by atoms with Crippen molar-refractivity contribution in [3.05, 3.63) is 33.8 Å². The average Bonchev–Trinajstić information content (AvgIpc) is 2.04. The lowest BCUT2D eigenvalue weighted by molar-refractivity contribution is 0.0695. The van der Waals surface area contributed by atoms with Gasteiger partial charge in [0, 0.05) is 5.02 Å². The molecule has 1 rings (SSSR count). The van der Waals surface area contributed by atoms with Gasteiger partial charge in [0.2, 0.25) is 0 Å². The van der Waals surface area contributed by atoms with Crippen molar-refractivity contribution in [2.75, 3.05) is 0 Å². The fourth-order valence-corrected chi connectivity index (χ4v) is 1.58. The first-order valence-electron chi connectivity index (χ1n) is 4.52. The van der Waals surface area contributed by atoms with Crippen LogP contribution in [0.5, 0.6) is 0 Å². The van der Waals surface area contributed by atoms with Crippen LogP contribution in [0.3, 0.4) is 0 Å². The molecule has 0 unspecified atom stereocenters. The largest absolute Gasteiger partial charge is 0.478 e. The normalized spacial score (nSPS) is 8.93. The minimum atomic E-state index is -0.901. The van der Waals surface area contributed by atoms with Gasteiger partial charge >= 0.3 is 5.97 Å². The second-order valence-electron chi connectivity index (χ2n) is 2.72. The number of halogens is 1. The van der Waals surface area contributed by atoms with E-state index in [2.05, 4.69) is 0 Å². The molecule has 1 aromatic rings. The zero-order valence-corrected chi connectivity index (χ0v) is 9.64. The Labute approximate surface area is 89.5 Å². The minimum Gasteiger partial charge on any atom is -0.478 e. The number of benzene rings is 1. The Bertz CT molecular complexity index is 309. The lowest BCUT2D eigenvalue weighted by Crippen LogP contribution is -2.02. The predicted molar refractivity (Wildman–Crippen MR) is 59.2 cm³/mol. The molecule has 0 aromatic heterocycles. The Kier molecular flexibility index (Phi) is 5.24. The second-order valence-corrected chi connectivity index (χ2v) is 3.16. The van der Waals surface area contributed by atoms with Crippen molar-refractivity contribution < 1.29 is 9.90 Å². The highest BCUT2D eigenvalue weighted by molar-refractivity contribution is 6.30. The number of carboxylic acids is 1. The smallest absolute Gasteiger partial charge is 0.336 e. The van der Waals surface area contributed by atoms with Gasteiger partial charge in [-0.3, -0.25) is 0 Å². The van der Waals surface area contributed by atoms with Crippen molar-refractivity contribution in [1.29, 1.82) is 0 Å². The van der Waals surface area contributed by atoms with Crippen LogP contribution in [0.15, 0.2) is 12.1 Å². The number of rotatable bonds is 1. The molecule has 0 heterocycles. The van der Waals surface area contributed by atoms with Crippen LogP contribution in [0, 0.1) is 13.8 Å². The molecule has 0 aliphatic heterocycles. The maximum Gasteiger partial charge on any atom is 0.336 e. The Hall–Kier alpha value is -1.02. The summed E-state index contributed by atoms with van der Waals surface area (Å²) in [5, 5.41) is 9.37. The summed E-state index contributed by atoms with van der Waals surface area (Å²) in [6.45, 7) is 7.48. The molecule has 0 saturated heterocycles. The molecule has 0 spiro atoms. The molecule has 0 aliphatic rings. The lowest BCUT2D eigenvalue weighted by atomic mass is 10.0. The first-order valence-corrected chi connectivity index (χ1v) is 4.90. The van der Waals surface area contributed by atoms with Crippen LogP contribution < -0.4 is 0 Å². The molecule has 0 saturated carbocycles. The molecule has 0 fully saturated rings. The van der Waals surface area contributed by atoms with Crippen LogP contribution in [0.1, 0.15) is 35.3 Å². The van der Waals surface area contributed by atoms with Gasteiger partial charge in [-0.2, -0.15) is 0 Å². The monoisotopic (exact) mass is 214 g/mol. The van der Waals surface area contributed by atoms with Crippen molar-refractivity contribution in [3.63, 3.8) is 0 Å². The van der Waals surface area contributed by atoms with Crippen molar-refractivity contribution in [1.82, 2.24) is 0 Å². The number of hydrogen-bond acceptors (Lipinski definition) is 1. The van der Waals surface area contributed by atoms with Crippen LogP contribution in [-0.4, -0.2) is 11.1 Å². The topological polar surface area (TPSA) is 37.3 Å². The van der Waals surface area contributed by atoms with Crippen molar-refractivity contribution in [2.45, 2.75) is 27.7 Å². The number of hydrogen-bond donors (Lipinski definition) is 1. The maximum absolute atomic E-state index is 10.7. The van der Waals surface area contributed by atoms with Gasteiger partial charge < -0.3 is 5.11 Å². The molecular weight excluding hydrogens is 200 g/mol. The number of carbonyl (C=O) groups is 1. The first kappa shape index (κ1) is 13.0. The van der Waals surface area contributed by atoms with E-state index in [-0.39, 0.29) is 0 Å². The van der Waals surface area contributed by atoms with Crippen molar-refractivity contribution in [2.24, 2.45) is 0 Å². The first-order chi connectivity index (χ1) is 6.52. The summed E-state index contributed by atoms with van der Waals surface area (Å²) in [6, 6.07) is 3.30. The van der Waals surface area contributed by atoms with Crippen LogP contribution in [0.2, 0.25) is 5.02 Å². The highest BCUT2D eigenvalue weighted by Crippen LogP contribution is 2.19. The third-order valence-electron chi connectivity index (χ3n) is 1.71. The molecule has 1 N–H and O–H groups in total. The Morgan fingerprint density at radius 2 is 1.57 bits per heavy atom. The Morgan fingerprint density at radius 3 is 1.86 bits per heavy atom. The quantitative estimate of drug-likeness (QED) is 0.774. The SMILES string of the molecule is CC.Cc1cc(Cl)cc(C)c1C(=O)O. The molecule has 0 amide bonds. The van der Waals surface area contributed by atoms with E-state index in [1.165, 1.54) is 0 Å². The van der Waals surface area contributed by atoms with E-state index in [0.29, 0.717) is 21.7 Å². The maximum atomic E-state index is 10.7. The van der Waals surface area contributed by atoms with Crippen LogP contribution in [0.25, 0.3) is 0 Å². The van der Waals surface area contributed by atoms with Gasteiger partial charge in [0.1, 0.15) is 0 Å². The summed E-state index contributed by atoms with van der Waals surface area (Å²) in [5.74, 6) is -0.901. The molecular formula is C11H15ClO2. The third-order valence-corrected chi connectivity index (χ3v) is 1.93. The highest BCUT2D eigenvalue weighted by atomic mass is 35.5. The molecule has 0 aliphatic carbocycles. The van der Waals surface area contributed by atoms with Crippen LogP contribution >= 0.6 is 11.6 Å². The molecule has 2 nitrogen and oxygen atoms in total. The van der Waals surface area contributed by atoms with Crippen molar-refractivity contribution in [3.8, 4) is 0 Å². The van der Waals surface area contributed by atoms with E-state index >= 15 is 0 Å². The Morgan fingerprint density at radius 1 is 1.21 bits per heavy atom. The van der Waals surface area contributed by atoms with Gasteiger partial charge in [-0.05, 0) is 37.1 Å². The van der Waals surface area contributed by atoms with E-state index in [0.717, 1.165) is 0 Å². The summed E-state index contributed by atoms with van der Waals surface area (Å²) < 4.78 is 0. The van der Waals surface area contributed by atoms with Gasteiger partial charge in [-0.15, -0.1) is 0 Å². The van der Waals surface area contributed by atoms with Crippen LogP contribution in [0.4, 0.5) is 0 Å². The van der Waals surface area contributed by atoms with Gasteiger partial charge in [-0.25, -0.2) is 4.79 Å². The molecule has 0 atom stereocenters. The molecule has 3 heteroatoms. The van der Waals surface area contributed by atoms with E-state index in [9.17, 15) is 4.79 Å². The van der Waals surface area contributed by atoms with E-state index in [4.69, 9.17) is 16.7 Å². The van der Waals surface area contributed by atoms with Gasteiger partial charge in [0.25, 0.3) is 0 Å². The summed E-state index contributed by atoms with van der Waals surface area (Å²) in [7, 11) is 0. The van der Waals surface area contributed by atoms with Crippen LogP contribution in [-0.2, 0) is 0 Å². The third kappa shape index (κ3) is 3.04. The zero-order chi connectivity index (χ0) is 11.3. The average molecular weight is 215 g/mol. The predicted octanol–water partition coefficient (Wildman–Crippen LogP) is 3.68. The lowest BCUT2D eigenvalue weighted by Gasteiger charge is -2.04. The number of aromatic carboxylic acids is 1. The number of aryl methyl sites for hydroxylation is 2. The fourth-order valence-electron chi connectivity index (χ4n) is 1.25. The van der Waals surface area contributed by atoms with Gasteiger partial charge in [0.05, 0.1) is 5.56 Å². The highest BCUT2D eigenvalue weighted by Gasteiger charge is 2.10. The van der Waals surface area contributed by atoms with E-state index in [1.54, 1.807) is 26.0 Å². The minimum absolute atomic E-state index is 0.347. The molecule has 1 aromatic carbocycles. The fraction of sp³-hybridized carbons (Fsp3) is 0.364. The molecule has 0 bridgehead atoms. The van der Waals surface area contributed by atoms with Gasteiger partial charge in [-0.1, -0.05) is 25.4 Å². The van der Waals surface area contributed by atoms with E-state index < -0.39 is 5.97 Å². The van der Waals surface area contributed by atoms with Gasteiger partial charge in [0.15, 0.2) is 0 Å². The van der Waals surface area contributed by atoms with Crippen molar-refractivity contribution >= 4 is 17.6 Å². The van der Waals surface area contributed by atoms with E-state index in [1.807, 2.05) is 13.8 Å². The molecule has 14 heavy (non-hydrogen) atoms. The summed E-state index contributed by atoms with van der Waals surface area (Å²) >= 11 is 5.73. The standard InChI is InChI=1S/C9H9ClO2.C2H6/c1-5-3-7(10)4-6(2)8(5)9(11)12;1-2/h3-4H,1-2H3,(H,11,12);1-2H3. The molecule has 0 radical (unpaired) electrons. The summed E-state index contributed by atoms with van der Waals surface area (Å²) in [6.07, 6.45) is 0.